The number of nitro groups is 1. The molecule has 7 heteroatoms. The molecule has 0 saturated heterocycles. The summed E-state index contributed by atoms with van der Waals surface area (Å²) < 4.78 is 6.11. The van der Waals surface area contributed by atoms with Gasteiger partial charge in [0.1, 0.15) is 5.75 Å². The molecular weight excluding hydrogens is 376 g/mol. The number of halogens is 1. The van der Waals surface area contributed by atoms with Crippen LogP contribution in [0.4, 0.5) is 11.4 Å². The van der Waals surface area contributed by atoms with Crippen molar-refractivity contribution in [3.63, 3.8) is 0 Å². The molecule has 126 valence electrons. The molecule has 2 aromatic carbocycles. The molecule has 0 fully saturated rings. The number of rotatable bonds is 5. The van der Waals surface area contributed by atoms with Crippen LogP contribution in [0, 0.1) is 24.0 Å². The first-order chi connectivity index (χ1) is 11.3. The van der Waals surface area contributed by atoms with Gasteiger partial charge in [0.15, 0.2) is 6.10 Å². The minimum absolute atomic E-state index is 0.0561. The van der Waals surface area contributed by atoms with E-state index in [1.165, 1.54) is 18.2 Å². The summed E-state index contributed by atoms with van der Waals surface area (Å²) in [6, 6.07) is 9.88. The second-order valence-corrected chi connectivity index (χ2v) is 6.35. The molecular formula is C17H17BrN2O4. The predicted octanol–water partition coefficient (Wildman–Crippen LogP) is 4.38. The van der Waals surface area contributed by atoms with Crippen molar-refractivity contribution in [1.82, 2.24) is 0 Å². The van der Waals surface area contributed by atoms with Crippen molar-refractivity contribution in [2.75, 3.05) is 5.32 Å². The maximum atomic E-state index is 12.3. The monoisotopic (exact) mass is 392 g/mol. The van der Waals surface area contributed by atoms with Gasteiger partial charge in [0.25, 0.3) is 11.6 Å². The van der Waals surface area contributed by atoms with Crippen LogP contribution in [0.25, 0.3) is 0 Å². The van der Waals surface area contributed by atoms with Crippen LogP contribution < -0.4 is 10.1 Å². The normalized spacial score (nSPS) is 11.7. The van der Waals surface area contributed by atoms with Crippen LogP contribution in [0.5, 0.6) is 5.75 Å². The van der Waals surface area contributed by atoms with E-state index in [-0.39, 0.29) is 11.6 Å². The smallest absolute Gasteiger partial charge is 0.270 e. The second-order valence-electron chi connectivity index (χ2n) is 5.49. The third-order valence-corrected chi connectivity index (χ3v) is 3.95. The Labute approximate surface area is 148 Å². The van der Waals surface area contributed by atoms with Crippen LogP contribution in [-0.2, 0) is 4.79 Å². The van der Waals surface area contributed by atoms with E-state index in [2.05, 4.69) is 21.2 Å². The van der Waals surface area contributed by atoms with E-state index >= 15 is 0 Å². The van der Waals surface area contributed by atoms with Gasteiger partial charge in [-0.1, -0.05) is 6.07 Å². The van der Waals surface area contributed by atoms with Crippen molar-refractivity contribution in [3.05, 3.63) is 62.1 Å². The summed E-state index contributed by atoms with van der Waals surface area (Å²) in [5.41, 5.74) is 2.49. The number of hydrogen-bond acceptors (Lipinski definition) is 4. The van der Waals surface area contributed by atoms with Crippen molar-refractivity contribution in [2.24, 2.45) is 0 Å². The quantitative estimate of drug-likeness (QED) is 0.604. The van der Waals surface area contributed by atoms with Gasteiger partial charge in [-0.2, -0.15) is 0 Å². The fourth-order valence-electron chi connectivity index (χ4n) is 2.21. The van der Waals surface area contributed by atoms with Crippen molar-refractivity contribution < 1.29 is 14.5 Å². The molecule has 0 aliphatic heterocycles. The molecule has 2 rings (SSSR count). The van der Waals surface area contributed by atoms with Crippen LogP contribution >= 0.6 is 15.9 Å². The average Bonchev–Trinajstić information content (AvgIpc) is 2.47. The summed E-state index contributed by atoms with van der Waals surface area (Å²) in [6.07, 6.45) is -0.715. The molecule has 0 radical (unpaired) electrons. The minimum Gasteiger partial charge on any atom is -0.481 e. The minimum atomic E-state index is -0.715. The van der Waals surface area contributed by atoms with E-state index in [1.54, 1.807) is 6.92 Å². The SMILES string of the molecule is Cc1cc(C)cc(OC(C)C(=O)Nc2ccc([N+](=O)[O-])cc2Br)c1. The molecule has 24 heavy (non-hydrogen) atoms. The predicted molar refractivity (Wildman–Crippen MR) is 95.4 cm³/mol. The number of ether oxygens (including phenoxy) is 1. The van der Waals surface area contributed by atoms with E-state index in [4.69, 9.17) is 4.74 Å². The van der Waals surface area contributed by atoms with Crippen LogP contribution in [0.1, 0.15) is 18.1 Å². The Hall–Kier alpha value is -2.41. The third kappa shape index (κ3) is 4.55. The van der Waals surface area contributed by atoms with E-state index in [1.807, 2.05) is 32.0 Å². The number of anilines is 1. The number of nitrogens with one attached hydrogen (secondary N) is 1. The van der Waals surface area contributed by atoms with E-state index < -0.39 is 11.0 Å². The molecule has 0 bridgehead atoms. The zero-order chi connectivity index (χ0) is 17.9. The number of benzene rings is 2. The Morgan fingerprint density at radius 1 is 1.21 bits per heavy atom. The van der Waals surface area contributed by atoms with E-state index in [0.717, 1.165) is 11.1 Å². The van der Waals surface area contributed by atoms with Gasteiger partial charge in [-0.05, 0) is 66.0 Å². The Morgan fingerprint density at radius 3 is 2.38 bits per heavy atom. The van der Waals surface area contributed by atoms with Crippen LogP contribution in [0.3, 0.4) is 0 Å². The molecule has 0 aromatic heterocycles. The molecule has 0 saturated carbocycles. The standard InChI is InChI=1S/C17H17BrN2O4/c1-10-6-11(2)8-14(7-10)24-12(3)17(21)19-16-5-4-13(20(22)23)9-15(16)18/h4-9,12H,1-3H3,(H,19,21). The number of amides is 1. The lowest BCUT2D eigenvalue weighted by Gasteiger charge is -2.16. The lowest BCUT2D eigenvalue weighted by Crippen LogP contribution is -2.30. The summed E-state index contributed by atoms with van der Waals surface area (Å²) >= 11 is 3.22. The van der Waals surface area contributed by atoms with Crippen molar-refractivity contribution in [2.45, 2.75) is 26.9 Å². The highest BCUT2D eigenvalue weighted by atomic mass is 79.9. The first kappa shape index (κ1) is 17.9. The van der Waals surface area contributed by atoms with Gasteiger partial charge < -0.3 is 10.1 Å². The van der Waals surface area contributed by atoms with Crippen LogP contribution in [0.15, 0.2) is 40.9 Å². The average molecular weight is 393 g/mol. The molecule has 2 aromatic rings. The Bertz CT molecular complexity index is 772. The number of nitrogens with zero attached hydrogens (tertiary/aromatic N) is 1. The van der Waals surface area contributed by atoms with Crippen LogP contribution in [0.2, 0.25) is 0 Å². The summed E-state index contributed by atoms with van der Waals surface area (Å²) in [7, 11) is 0. The van der Waals surface area contributed by atoms with Gasteiger partial charge in [-0.15, -0.1) is 0 Å². The number of non-ortho nitro benzene ring substituents is 1. The number of aryl methyl sites for hydroxylation is 2. The highest BCUT2D eigenvalue weighted by Gasteiger charge is 2.17. The number of nitro benzene ring substituents is 1. The third-order valence-electron chi connectivity index (χ3n) is 3.30. The highest BCUT2D eigenvalue weighted by molar-refractivity contribution is 9.10. The van der Waals surface area contributed by atoms with Gasteiger partial charge in [0, 0.05) is 16.6 Å². The molecule has 1 unspecified atom stereocenters. The highest BCUT2D eigenvalue weighted by Crippen LogP contribution is 2.27. The summed E-state index contributed by atoms with van der Waals surface area (Å²) in [4.78, 5) is 22.5. The fourth-order valence-corrected chi connectivity index (χ4v) is 2.68. The first-order valence-corrected chi connectivity index (χ1v) is 8.05. The summed E-state index contributed by atoms with van der Waals surface area (Å²) in [5, 5.41) is 13.4. The largest absolute Gasteiger partial charge is 0.481 e. The molecule has 6 nitrogen and oxygen atoms in total. The Kier molecular flexibility index (Phi) is 5.56. The fraction of sp³-hybridized carbons (Fsp3) is 0.235. The van der Waals surface area contributed by atoms with Gasteiger partial charge in [0.2, 0.25) is 0 Å². The molecule has 1 amide bonds. The molecule has 1 N–H and O–H groups in total. The zero-order valence-electron chi connectivity index (χ0n) is 13.5. The number of hydrogen-bond donors (Lipinski definition) is 1. The number of carbonyl (C=O) groups is 1. The van der Waals surface area contributed by atoms with Gasteiger partial charge >= 0.3 is 0 Å². The van der Waals surface area contributed by atoms with Gasteiger partial charge in [-0.3, -0.25) is 14.9 Å². The summed E-state index contributed by atoms with van der Waals surface area (Å²) in [5.74, 6) is 0.279. The van der Waals surface area contributed by atoms with E-state index in [9.17, 15) is 14.9 Å². The maximum absolute atomic E-state index is 12.3. The second kappa shape index (κ2) is 7.44. The molecule has 0 spiro atoms. The lowest BCUT2D eigenvalue weighted by molar-refractivity contribution is -0.384. The van der Waals surface area contributed by atoms with E-state index in [0.29, 0.717) is 15.9 Å². The molecule has 0 aliphatic carbocycles. The van der Waals surface area contributed by atoms with Gasteiger partial charge in [-0.25, -0.2) is 0 Å². The zero-order valence-corrected chi connectivity index (χ0v) is 15.1. The van der Waals surface area contributed by atoms with Crippen molar-refractivity contribution >= 4 is 33.2 Å². The van der Waals surface area contributed by atoms with Crippen LogP contribution in [-0.4, -0.2) is 16.9 Å². The lowest BCUT2D eigenvalue weighted by atomic mass is 10.1. The topological polar surface area (TPSA) is 81.5 Å². The van der Waals surface area contributed by atoms with Crippen molar-refractivity contribution in [1.29, 1.82) is 0 Å². The Balaban J connectivity index is 2.07. The molecule has 0 heterocycles. The van der Waals surface area contributed by atoms with Gasteiger partial charge in [0.05, 0.1) is 10.6 Å². The summed E-state index contributed by atoms with van der Waals surface area (Å²) in [6.45, 7) is 5.56. The molecule has 1 atom stereocenters. The number of carbonyl (C=O) groups excluding carboxylic acids is 1. The maximum Gasteiger partial charge on any atom is 0.270 e. The Morgan fingerprint density at radius 2 is 1.83 bits per heavy atom. The van der Waals surface area contributed by atoms with Crippen molar-refractivity contribution in [3.8, 4) is 5.75 Å². The first-order valence-electron chi connectivity index (χ1n) is 7.26. The molecule has 0 aliphatic rings.